The molecule has 4 nitrogen and oxygen atoms in total. The molecule has 0 unspecified atom stereocenters. The van der Waals surface area contributed by atoms with Gasteiger partial charge in [-0.25, -0.2) is 0 Å². The molecule has 24 heavy (non-hydrogen) atoms. The molecule has 0 spiro atoms. The predicted molar refractivity (Wildman–Crippen MR) is 97.3 cm³/mol. The van der Waals surface area contributed by atoms with Crippen LogP contribution in [-0.2, 0) is 0 Å². The van der Waals surface area contributed by atoms with Crippen LogP contribution in [0.3, 0.4) is 0 Å². The summed E-state index contributed by atoms with van der Waals surface area (Å²) in [5, 5.41) is 2.84. The van der Waals surface area contributed by atoms with Crippen LogP contribution in [0.1, 0.15) is 47.4 Å². The number of nitrogens with one attached hydrogen (secondary N) is 1. The van der Waals surface area contributed by atoms with Crippen LogP contribution in [0.5, 0.6) is 0 Å². The Morgan fingerprint density at radius 1 is 0.875 bits per heavy atom. The van der Waals surface area contributed by atoms with Gasteiger partial charge in [-0.1, -0.05) is 38.1 Å². The highest BCUT2D eigenvalue weighted by Gasteiger charge is 2.16. The van der Waals surface area contributed by atoms with Crippen molar-refractivity contribution in [3.63, 3.8) is 0 Å². The van der Waals surface area contributed by atoms with Crippen molar-refractivity contribution >= 4 is 17.5 Å². The molecule has 4 heteroatoms. The summed E-state index contributed by atoms with van der Waals surface area (Å²) in [6.07, 6.45) is 1.83. The molecular weight excluding hydrogens is 300 g/mol. The lowest BCUT2D eigenvalue weighted by molar-refractivity contribution is 0.0755. The van der Waals surface area contributed by atoms with Gasteiger partial charge in [0.05, 0.1) is 0 Å². The fraction of sp³-hybridized carbons (Fsp3) is 0.300. The van der Waals surface area contributed by atoms with Crippen molar-refractivity contribution in [2.24, 2.45) is 0 Å². The van der Waals surface area contributed by atoms with Crippen LogP contribution in [0.25, 0.3) is 0 Å². The van der Waals surface area contributed by atoms with Crippen LogP contribution in [0.2, 0.25) is 0 Å². The van der Waals surface area contributed by atoms with Gasteiger partial charge < -0.3 is 10.2 Å². The predicted octanol–water partition coefficient (Wildman–Crippen LogP) is 4.20. The second-order valence-corrected chi connectivity index (χ2v) is 5.69. The Balaban J connectivity index is 2.15. The summed E-state index contributed by atoms with van der Waals surface area (Å²) in [6, 6.07) is 16.2. The first-order valence-corrected chi connectivity index (χ1v) is 8.41. The van der Waals surface area contributed by atoms with E-state index >= 15 is 0 Å². The van der Waals surface area contributed by atoms with Gasteiger partial charge in [0.2, 0.25) is 0 Å². The number of rotatable bonds is 7. The Morgan fingerprint density at radius 3 is 2.12 bits per heavy atom. The third-order valence-corrected chi connectivity index (χ3v) is 3.68. The van der Waals surface area contributed by atoms with Gasteiger partial charge in [0, 0.05) is 29.9 Å². The van der Waals surface area contributed by atoms with E-state index in [-0.39, 0.29) is 11.8 Å². The molecular formula is C20H24N2O2. The summed E-state index contributed by atoms with van der Waals surface area (Å²) in [4.78, 5) is 26.9. The van der Waals surface area contributed by atoms with Gasteiger partial charge in [0.1, 0.15) is 0 Å². The maximum absolute atomic E-state index is 12.7. The SMILES string of the molecule is CCCN(CCC)C(=O)c1cccc(C(=O)Nc2ccccc2)c1. The molecule has 0 bridgehead atoms. The fourth-order valence-electron chi connectivity index (χ4n) is 2.56. The van der Waals surface area contributed by atoms with Crippen LogP contribution in [-0.4, -0.2) is 29.8 Å². The molecule has 1 N–H and O–H groups in total. The van der Waals surface area contributed by atoms with E-state index in [0.717, 1.165) is 31.6 Å². The van der Waals surface area contributed by atoms with Crippen LogP contribution >= 0.6 is 0 Å². The van der Waals surface area contributed by atoms with Gasteiger partial charge in [-0.2, -0.15) is 0 Å². The standard InChI is InChI=1S/C20H24N2O2/c1-3-13-22(14-4-2)20(24)17-10-8-9-16(15-17)19(23)21-18-11-6-5-7-12-18/h5-12,15H,3-4,13-14H2,1-2H3,(H,21,23). The maximum atomic E-state index is 12.7. The van der Waals surface area contributed by atoms with E-state index in [9.17, 15) is 9.59 Å². The van der Waals surface area contributed by atoms with Gasteiger partial charge in [0.15, 0.2) is 0 Å². The van der Waals surface area contributed by atoms with E-state index in [0.29, 0.717) is 11.1 Å². The molecule has 0 saturated heterocycles. The van der Waals surface area contributed by atoms with Gasteiger partial charge >= 0.3 is 0 Å². The fourth-order valence-corrected chi connectivity index (χ4v) is 2.56. The smallest absolute Gasteiger partial charge is 0.255 e. The average Bonchev–Trinajstić information content (AvgIpc) is 2.62. The lowest BCUT2D eigenvalue weighted by Gasteiger charge is -2.21. The number of benzene rings is 2. The van der Waals surface area contributed by atoms with Crippen LogP contribution in [0, 0.1) is 0 Å². The monoisotopic (exact) mass is 324 g/mol. The van der Waals surface area contributed by atoms with Gasteiger partial charge in [-0.3, -0.25) is 9.59 Å². The van der Waals surface area contributed by atoms with Crippen molar-refractivity contribution in [3.05, 3.63) is 65.7 Å². The molecule has 2 aromatic rings. The van der Waals surface area contributed by atoms with Crippen molar-refractivity contribution in [2.75, 3.05) is 18.4 Å². The first-order valence-electron chi connectivity index (χ1n) is 8.41. The second kappa shape index (κ2) is 8.87. The second-order valence-electron chi connectivity index (χ2n) is 5.69. The zero-order valence-electron chi connectivity index (χ0n) is 14.3. The molecule has 2 aromatic carbocycles. The largest absolute Gasteiger partial charge is 0.339 e. The summed E-state index contributed by atoms with van der Waals surface area (Å²) >= 11 is 0. The first kappa shape index (κ1) is 17.7. The summed E-state index contributed by atoms with van der Waals surface area (Å²) in [6.45, 7) is 5.57. The minimum absolute atomic E-state index is 0.0203. The van der Waals surface area contributed by atoms with E-state index < -0.39 is 0 Å². The molecule has 0 aliphatic heterocycles. The topological polar surface area (TPSA) is 49.4 Å². The third-order valence-electron chi connectivity index (χ3n) is 3.68. The molecule has 0 saturated carbocycles. The number of carbonyl (C=O) groups excluding carboxylic acids is 2. The van der Waals surface area contributed by atoms with E-state index in [1.807, 2.05) is 35.2 Å². The Labute approximate surface area is 143 Å². The van der Waals surface area contributed by atoms with Crippen molar-refractivity contribution in [3.8, 4) is 0 Å². The highest BCUT2D eigenvalue weighted by Crippen LogP contribution is 2.13. The quantitative estimate of drug-likeness (QED) is 0.830. The highest BCUT2D eigenvalue weighted by atomic mass is 16.2. The number of hydrogen-bond acceptors (Lipinski definition) is 2. The molecule has 126 valence electrons. The number of hydrogen-bond donors (Lipinski definition) is 1. The van der Waals surface area contributed by atoms with E-state index in [1.165, 1.54) is 0 Å². The van der Waals surface area contributed by atoms with Crippen LogP contribution in [0.4, 0.5) is 5.69 Å². The number of nitrogens with zero attached hydrogens (tertiary/aromatic N) is 1. The van der Waals surface area contributed by atoms with Crippen molar-refractivity contribution in [1.29, 1.82) is 0 Å². The number of anilines is 1. The van der Waals surface area contributed by atoms with Gasteiger partial charge in [-0.15, -0.1) is 0 Å². The van der Waals surface area contributed by atoms with Gasteiger partial charge in [-0.05, 0) is 43.2 Å². The Bertz CT molecular complexity index is 677. The Kier molecular flexibility index (Phi) is 6.55. The summed E-state index contributed by atoms with van der Waals surface area (Å²) in [5.74, 6) is -0.235. The lowest BCUT2D eigenvalue weighted by atomic mass is 10.1. The lowest BCUT2D eigenvalue weighted by Crippen LogP contribution is -2.32. The molecule has 0 aliphatic carbocycles. The molecule has 0 fully saturated rings. The van der Waals surface area contributed by atoms with E-state index in [2.05, 4.69) is 19.2 Å². The first-order chi connectivity index (χ1) is 11.7. The molecule has 0 aromatic heterocycles. The normalized spacial score (nSPS) is 10.2. The zero-order chi connectivity index (χ0) is 17.4. The van der Waals surface area contributed by atoms with E-state index in [1.54, 1.807) is 24.3 Å². The molecule has 0 heterocycles. The zero-order valence-corrected chi connectivity index (χ0v) is 14.3. The minimum Gasteiger partial charge on any atom is -0.339 e. The van der Waals surface area contributed by atoms with Crippen molar-refractivity contribution in [1.82, 2.24) is 4.90 Å². The van der Waals surface area contributed by atoms with E-state index in [4.69, 9.17) is 0 Å². The summed E-state index contributed by atoms with van der Waals surface area (Å²) in [5.41, 5.74) is 1.77. The number of amides is 2. The van der Waals surface area contributed by atoms with Crippen LogP contribution in [0.15, 0.2) is 54.6 Å². The third kappa shape index (κ3) is 4.69. The number of carbonyl (C=O) groups is 2. The summed E-state index contributed by atoms with van der Waals surface area (Å²) < 4.78 is 0. The molecule has 0 atom stereocenters. The summed E-state index contributed by atoms with van der Waals surface area (Å²) in [7, 11) is 0. The van der Waals surface area contributed by atoms with Crippen LogP contribution < -0.4 is 5.32 Å². The Hall–Kier alpha value is -2.62. The maximum Gasteiger partial charge on any atom is 0.255 e. The average molecular weight is 324 g/mol. The Morgan fingerprint density at radius 2 is 1.50 bits per heavy atom. The highest BCUT2D eigenvalue weighted by molar-refractivity contribution is 6.06. The van der Waals surface area contributed by atoms with Gasteiger partial charge in [0.25, 0.3) is 11.8 Å². The molecule has 2 rings (SSSR count). The van der Waals surface area contributed by atoms with Crippen molar-refractivity contribution in [2.45, 2.75) is 26.7 Å². The van der Waals surface area contributed by atoms with Crippen molar-refractivity contribution < 1.29 is 9.59 Å². The number of para-hydroxylation sites is 1. The molecule has 0 radical (unpaired) electrons. The molecule has 0 aliphatic rings. The molecule has 2 amide bonds. The minimum atomic E-state index is -0.214.